The van der Waals surface area contributed by atoms with E-state index in [1.54, 1.807) is 6.26 Å². The maximum absolute atomic E-state index is 8.85. The lowest BCUT2D eigenvalue weighted by molar-refractivity contribution is 0.113. The Balaban J connectivity index is 1.70. The molecule has 0 saturated carbocycles. The molecule has 1 aliphatic heterocycles. The summed E-state index contributed by atoms with van der Waals surface area (Å²) in [6, 6.07) is 4.66. The number of furan rings is 1. The Bertz CT molecular complexity index is 319. The van der Waals surface area contributed by atoms with Gasteiger partial charge >= 0.3 is 0 Å². The zero-order valence-electron chi connectivity index (χ0n) is 11.2. The summed E-state index contributed by atoms with van der Waals surface area (Å²) in [7, 11) is 2.17. The molecule has 0 amide bonds. The van der Waals surface area contributed by atoms with Crippen LogP contribution in [0.4, 0.5) is 0 Å². The van der Waals surface area contributed by atoms with E-state index in [0.29, 0.717) is 12.6 Å². The third kappa shape index (κ3) is 3.83. The van der Waals surface area contributed by atoms with Gasteiger partial charge in [0.15, 0.2) is 0 Å². The summed E-state index contributed by atoms with van der Waals surface area (Å²) in [4.78, 5) is 4.84. The quantitative estimate of drug-likeness (QED) is 0.834. The molecule has 0 bridgehead atoms. The maximum atomic E-state index is 8.85. The molecule has 0 radical (unpaired) electrons. The van der Waals surface area contributed by atoms with E-state index in [-0.39, 0.29) is 0 Å². The van der Waals surface area contributed by atoms with Crippen LogP contribution in [0.1, 0.15) is 25.0 Å². The largest absolute Gasteiger partial charge is 0.468 e. The molecule has 0 aliphatic carbocycles. The smallest absolute Gasteiger partial charge is 0.117 e. The number of aliphatic hydroxyl groups is 1. The van der Waals surface area contributed by atoms with Crippen LogP contribution < -0.4 is 0 Å². The zero-order valence-corrected chi connectivity index (χ0v) is 11.2. The summed E-state index contributed by atoms with van der Waals surface area (Å²) in [5, 5.41) is 8.85. The number of nitrogens with zero attached hydrogens (tertiary/aromatic N) is 2. The second kappa shape index (κ2) is 6.92. The predicted molar refractivity (Wildman–Crippen MR) is 71.3 cm³/mol. The van der Waals surface area contributed by atoms with Gasteiger partial charge in [-0.05, 0) is 38.4 Å². The molecule has 1 fully saturated rings. The number of hydrogen-bond donors (Lipinski definition) is 1. The SMILES string of the molecule is CN(CCCO)C1CCN(Cc2ccco2)CC1. The van der Waals surface area contributed by atoms with Gasteiger partial charge in [-0.15, -0.1) is 0 Å². The Kier molecular flexibility index (Phi) is 5.23. The van der Waals surface area contributed by atoms with Crippen molar-refractivity contribution in [2.75, 3.05) is 33.3 Å². The third-order valence-electron chi connectivity index (χ3n) is 3.81. The molecule has 1 aromatic heterocycles. The van der Waals surface area contributed by atoms with E-state index in [1.165, 1.54) is 12.8 Å². The summed E-state index contributed by atoms with van der Waals surface area (Å²) in [6.07, 6.45) is 5.04. The highest BCUT2D eigenvalue weighted by Crippen LogP contribution is 2.17. The molecule has 2 rings (SSSR count). The molecule has 18 heavy (non-hydrogen) atoms. The third-order valence-corrected chi connectivity index (χ3v) is 3.81. The van der Waals surface area contributed by atoms with Crippen molar-refractivity contribution in [3.05, 3.63) is 24.2 Å². The first-order valence-corrected chi connectivity index (χ1v) is 6.85. The van der Waals surface area contributed by atoms with Gasteiger partial charge in [-0.25, -0.2) is 0 Å². The monoisotopic (exact) mass is 252 g/mol. The number of likely N-dealkylation sites (tertiary alicyclic amines) is 1. The van der Waals surface area contributed by atoms with Crippen LogP contribution in [0.25, 0.3) is 0 Å². The summed E-state index contributed by atoms with van der Waals surface area (Å²) >= 11 is 0. The van der Waals surface area contributed by atoms with Gasteiger partial charge in [0.1, 0.15) is 5.76 Å². The Morgan fingerprint density at radius 3 is 2.83 bits per heavy atom. The first-order valence-electron chi connectivity index (χ1n) is 6.85. The average molecular weight is 252 g/mol. The van der Waals surface area contributed by atoms with Gasteiger partial charge in [-0.2, -0.15) is 0 Å². The Morgan fingerprint density at radius 1 is 1.44 bits per heavy atom. The molecule has 1 aromatic rings. The Labute approximate surface area is 109 Å². The van der Waals surface area contributed by atoms with Crippen molar-refractivity contribution < 1.29 is 9.52 Å². The molecule has 4 nitrogen and oxygen atoms in total. The normalized spacial score (nSPS) is 18.6. The molecule has 2 heterocycles. The molecule has 1 N–H and O–H groups in total. The van der Waals surface area contributed by atoms with E-state index in [0.717, 1.165) is 38.4 Å². The Morgan fingerprint density at radius 2 is 2.22 bits per heavy atom. The minimum atomic E-state index is 0.293. The molecule has 1 saturated heterocycles. The van der Waals surface area contributed by atoms with E-state index >= 15 is 0 Å². The standard InChI is InChI=1S/C14H24N2O2/c1-15(7-3-10-17)13-5-8-16(9-6-13)12-14-4-2-11-18-14/h2,4,11,13,17H,3,5-10,12H2,1H3. The van der Waals surface area contributed by atoms with Crippen molar-refractivity contribution >= 4 is 0 Å². The molecular weight excluding hydrogens is 228 g/mol. The highest BCUT2D eigenvalue weighted by molar-refractivity contribution is 4.98. The van der Waals surface area contributed by atoms with Crippen LogP contribution in [0.5, 0.6) is 0 Å². The molecule has 0 aromatic carbocycles. The fourth-order valence-corrected chi connectivity index (χ4v) is 2.64. The Hall–Kier alpha value is -0.840. The van der Waals surface area contributed by atoms with Crippen LogP contribution in [0.15, 0.2) is 22.8 Å². The summed E-state index contributed by atoms with van der Waals surface area (Å²) in [6.45, 7) is 4.49. The number of hydrogen-bond acceptors (Lipinski definition) is 4. The number of aliphatic hydroxyl groups excluding tert-OH is 1. The molecule has 102 valence electrons. The number of rotatable bonds is 6. The lowest BCUT2D eigenvalue weighted by Gasteiger charge is -2.36. The molecular formula is C14H24N2O2. The number of piperidine rings is 1. The van der Waals surface area contributed by atoms with Crippen molar-refractivity contribution in [1.82, 2.24) is 9.80 Å². The minimum Gasteiger partial charge on any atom is -0.468 e. The van der Waals surface area contributed by atoms with Crippen molar-refractivity contribution in [2.45, 2.75) is 31.8 Å². The first-order chi connectivity index (χ1) is 8.79. The lowest BCUT2D eigenvalue weighted by Crippen LogP contribution is -2.43. The van der Waals surface area contributed by atoms with Gasteiger partial charge < -0.3 is 14.4 Å². The van der Waals surface area contributed by atoms with E-state index in [1.807, 2.05) is 12.1 Å². The minimum absolute atomic E-state index is 0.293. The topological polar surface area (TPSA) is 39.9 Å². The average Bonchev–Trinajstić information content (AvgIpc) is 2.89. The van der Waals surface area contributed by atoms with Crippen molar-refractivity contribution in [2.24, 2.45) is 0 Å². The van der Waals surface area contributed by atoms with Crippen molar-refractivity contribution in [3.63, 3.8) is 0 Å². The van der Waals surface area contributed by atoms with Gasteiger partial charge in [-0.1, -0.05) is 0 Å². The van der Waals surface area contributed by atoms with E-state index in [2.05, 4.69) is 16.8 Å². The van der Waals surface area contributed by atoms with Crippen LogP contribution in [0.2, 0.25) is 0 Å². The zero-order chi connectivity index (χ0) is 12.8. The molecule has 0 atom stereocenters. The second-order valence-corrected chi connectivity index (χ2v) is 5.14. The summed E-state index contributed by atoms with van der Waals surface area (Å²) in [5.41, 5.74) is 0. The van der Waals surface area contributed by atoms with Gasteiger partial charge in [0.2, 0.25) is 0 Å². The second-order valence-electron chi connectivity index (χ2n) is 5.14. The van der Waals surface area contributed by atoms with E-state index in [9.17, 15) is 0 Å². The van der Waals surface area contributed by atoms with Crippen LogP contribution in [0, 0.1) is 0 Å². The van der Waals surface area contributed by atoms with Gasteiger partial charge in [-0.3, -0.25) is 4.90 Å². The van der Waals surface area contributed by atoms with Crippen LogP contribution >= 0.6 is 0 Å². The maximum Gasteiger partial charge on any atom is 0.117 e. The highest BCUT2D eigenvalue weighted by Gasteiger charge is 2.22. The van der Waals surface area contributed by atoms with E-state index in [4.69, 9.17) is 9.52 Å². The van der Waals surface area contributed by atoms with Crippen LogP contribution in [0.3, 0.4) is 0 Å². The van der Waals surface area contributed by atoms with Gasteiger partial charge in [0.25, 0.3) is 0 Å². The fraction of sp³-hybridized carbons (Fsp3) is 0.714. The van der Waals surface area contributed by atoms with Crippen LogP contribution in [-0.4, -0.2) is 54.2 Å². The van der Waals surface area contributed by atoms with Crippen molar-refractivity contribution in [1.29, 1.82) is 0 Å². The lowest BCUT2D eigenvalue weighted by atomic mass is 10.0. The molecule has 0 spiro atoms. The first kappa shape index (κ1) is 13.6. The van der Waals surface area contributed by atoms with Gasteiger partial charge in [0, 0.05) is 32.3 Å². The van der Waals surface area contributed by atoms with Crippen molar-refractivity contribution in [3.8, 4) is 0 Å². The highest BCUT2D eigenvalue weighted by atomic mass is 16.3. The van der Waals surface area contributed by atoms with Crippen LogP contribution in [-0.2, 0) is 6.54 Å². The molecule has 0 unspecified atom stereocenters. The predicted octanol–water partition coefficient (Wildman–Crippen LogP) is 1.56. The van der Waals surface area contributed by atoms with Gasteiger partial charge in [0.05, 0.1) is 12.8 Å². The molecule has 1 aliphatic rings. The van der Waals surface area contributed by atoms with E-state index < -0.39 is 0 Å². The fourth-order valence-electron chi connectivity index (χ4n) is 2.64. The molecule has 4 heteroatoms. The summed E-state index contributed by atoms with van der Waals surface area (Å²) < 4.78 is 5.38. The summed E-state index contributed by atoms with van der Waals surface area (Å²) in [5.74, 6) is 1.06.